The molecule has 2 aromatic heterocycles. The summed E-state index contributed by atoms with van der Waals surface area (Å²) in [6.07, 6.45) is 14.9. The lowest BCUT2D eigenvalue weighted by Gasteiger charge is -2.34. The van der Waals surface area contributed by atoms with Gasteiger partial charge in [0.25, 0.3) is 0 Å². The molecule has 0 spiro atoms. The number of benzene rings is 6. The van der Waals surface area contributed by atoms with Gasteiger partial charge in [-0.2, -0.15) is 0 Å². The second-order valence-corrected chi connectivity index (χ2v) is 26.7. The third-order valence-corrected chi connectivity index (χ3v) is 20.2. The van der Waals surface area contributed by atoms with E-state index >= 15 is 0 Å². The number of hydrogen-bond acceptors (Lipinski definition) is 9. The number of H-pyrrole nitrogens is 2. The zero-order valence-electron chi connectivity index (χ0n) is 48.0. The minimum atomic E-state index is -3.75. The third kappa shape index (κ3) is 14.7. The molecule has 4 N–H and O–H groups in total. The first-order valence-electron chi connectivity index (χ1n) is 30.2. The molecular weight excluding hydrogens is 1090 g/mol. The fourth-order valence-electron chi connectivity index (χ4n) is 13.0. The zero-order chi connectivity index (χ0) is 58.1. The molecule has 6 aromatic carbocycles. The van der Waals surface area contributed by atoms with Crippen molar-refractivity contribution in [2.75, 3.05) is 37.8 Å². The van der Waals surface area contributed by atoms with Crippen LogP contribution in [0.15, 0.2) is 194 Å². The number of carbonyl (C=O) groups excluding carboxylic acids is 1. The lowest BCUT2D eigenvalue weighted by molar-refractivity contribution is 0.0525. The van der Waals surface area contributed by atoms with E-state index in [0.717, 1.165) is 84.7 Å². The second kappa shape index (κ2) is 28.6. The molecule has 8 aromatic rings. The normalized spacial score (nSPS) is 15.5. The zero-order valence-corrected chi connectivity index (χ0v) is 49.6. The van der Waals surface area contributed by atoms with E-state index in [2.05, 4.69) is 92.2 Å². The molecule has 0 radical (unpaired) electrons. The Kier molecular flexibility index (Phi) is 20.4. The third-order valence-electron chi connectivity index (χ3n) is 17.3. The van der Waals surface area contributed by atoms with Crippen LogP contribution in [0.25, 0.3) is 0 Å². The van der Waals surface area contributed by atoms with Gasteiger partial charge in [-0.05, 0) is 96.6 Å². The SMILES string of the molecule is O=C(OCCCC(CS(=O)(=O)NCC1CCCCC1)c1cnc(C(c2ccccc2)(c2ccccc2)c2ccccc2)[nH]1)OCCCC(CS(=O)(=O)NCC1CCCCC1)c1cnc(C(c2ccccc2)(c2ccccc2)c2ccccc2)[nH]1. The number of imidazole rings is 2. The topological polar surface area (TPSA) is 185 Å². The van der Waals surface area contributed by atoms with Crippen LogP contribution < -0.4 is 9.44 Å². The number of hydrogen-bond donors (Lipinski definition) is 4. The Hall–Kier alpha value is -7.17. The van der Waals surface area contributed by atoms with Gasteiger partial charge in [0.05, 0.1) is 24.7 Å². The van der Waals surface area contributed by atoms with E-state index in [4.69, 9.17) is 19.4 Å². The molecule has 84 heavy (non-hydrogen) atoms. The maximum absolute atomic E-state index is 14.1. The highest BCUT2D eigenvalue weighted by molar-refractivity contribution is 7.89. The summed E-state index contributed by atoms with van der Waals surface area (Å²) in [7, 11) is -7.50. The Balaban J connectivity index is 0.842. The van der Waals surface area contributed by atoms with Gasteiger partial charge < -0.3 is 19.4 Å². The van der Waals surface area contributed by atoms with Gasteiger partial charge in [-0.1, -0.05) is 221 Å². The van der Waals surface area contributed by atoms with Gasteiger partial charge >= 0.3 is 6.16 Å². The van der Waals surface area contributed by atoms with E-state index in [-0.39, 0.29) is 24.7 Å². The molecule has 10 rings (SSSR count). The second-order valence-electron chi connectivity index (χ2n) is 23.0. The van der Waals surface area contributed by atoms with Gasteiger partial charge in [-0.15, -0.1) is 0 Å². The van der Waals surface area contributed by atoms with Crippen LogP contribution >= 0.6 is 0 Å². The van der Waals surface area contributed by atoms with Crippen LogP contribution in [0.1, 0.15) is 158 Å². The Bertz CT molecular complexity index is 3080. The first-order valence-corrected chi connectivity index (χ1v) is 33.5. The molecule has 440 valence electrons. The largest absolute Gasteiger partial charge is 0.508 e. The van der Waals surface area contributed by atoms with Crippen molar-refractivity contribution in [3.63, 3.8) is 0 Å². The van der Waals surface area contributed by atoms with E-state index in [1.165, 1.54) is 12.8 Å². The molecule has 15 heteroatoms. The minimum Gasteiger partial charge on any atom is -0.434 e. The summed E-state index contributed by atoms with van der Waals surface area (Å²) in [5.74, 6) is 0.507. The predicted molar refractivity (Wildman–Crippen MR) is 332 cm³/mol. The Morgan fingerprint density at radius 3 is 1.02 bits per heavy atom. The van der Waals surface area contributed by atoms with Crippen molar-refractivity contribution < 1.29 is 31.1 Å². The van der Waals surface area contributed by atoms with Gasteiger partial charge in [-0.25, -0.2) is 41.0 Å². The van der Waals surface area contributed by atoms with E-state index in [0.29, 0.717) is 73.6 Å². The summed E-state index contributed by atoms with van der Waals surface area (Å²) >= 11 is 0. The lowest BCUT2D eigenvalue weighted by Crippen LogP contribution is -2.34. The average molecular weight is 1170 g/mol. The van der Waals surface area contributed by atoms with Gasteiger partial charge in [0.2, 0.25) is 20.0 Å². The van der Waals surface area contributed by atoms with Crippen molar-refractivity contribution >= 4 is 26.2 Å². The van der Waals surface area contributed by atoms with Crippen LogP contribution in [0.5, 0.6) is 0 Å². The van der Waals surface area contributed by atoms with E-state index in [1.807, 2.05) is 109 Å². The van der Waals surface area contributed by atoms with Gasteiger partial charge in [0, 0.05) is 48.7 Å². The number of rotatable bonds is 28. The molecule has 0 bridgehead atoms. The molecule has 13 nitrogen and oxygen atoms in total. The molecule has 0 amide bonds. The highest BCUT2D eigenvalue weighted by atomic mass is 32.2. The van der Waals surface area contributed by atoms with Crippen LogP contribution in [0.3, 0.4) is 0 Å². The van der Waals surface area contributed by atoms with E-state index in [9.17, 15) is 21.6 Å². The molecular formula is C69H80N6O7S2. The van der Waals surface area contributed by atoms with Crippen molar-refractivity contribution in [2.45, 2.75) is 113 Å². The molecule has 2 atom stereocenters. The first-order chi connectivity index (χ1) is 41.0. The van der Waals surface area contributed by atoms with Crippen LogP contribution in [0.4, 0.5) is 4.79 Å². The number of sulfonamides is 2. The fraction of sp³-hybridized carbons (Fsp3) is 0.377. The van der Waals surface area contributed by atoms with Crippen LogP contribution in [0.2, 0.25) is 0 Å². The highest BCUT2D eigenvalue weighted by Gasteiger charge is 2.43. The number of aromatic nitrogens is 4. The maximum atomic E-state index is 14.1. The Labute approximate surface area is 497 Å². The maximum Gasteiger partial charge on any atom is 0.508 e. The molecule has 0 aliphatic heterocycles. The van der Waals surface area contributed by atoms with Crippen molar-refractivity contribution in [2.24, 2.45) is 11.8 Å². The van der Waals surface area contributed by atoms with Gasteiger partial charge in [0.15, 0.2) is 0 Å². The van der Waals surface area contributed by atoms with E-state index < -0.39 is 48.9 Å². The Morgan fingerprint density at radius 1 is 0.452 bits per heavy atom. The van der Waals surface area contributed by atoms with Crippen molar-refractivity contribution in [1.82, 2.24) is 29.4 Å². The molecule has 2 aliphatic carbocycles. The van der Waals surface area contributed by atoms with Gasteiger partial charge in [-0.3, -0.25) is 0 Å². The summed E-state index contributed by atoms with van der Waals surface area (Å²) < 4.78 is 73.5. The predicted octanol–water partition coefficient (Wildman–Crippen LogP) is 13.5. The molecule has 2 unspecified atom stereocenters. The lowest BCUT2D eigenvalue weighted by atomic mass is 9.69. The highest BCUT2D eigenvalue weighted by Crippen LogP contribution is 2.46. The monoisotopic (exact) mass is 1170 g/mol. The van der Waals surface area contributed by atoms with Gasteiger partial charge in [0.1, 0.15) is 22.5 Å². The molecule has 2 fully saturated rings. The first kappa shape index (κ1) is 60.0. The van der Waals surface area contributed by atoms with Crippen LogP contribution in [-0.2, 0) is 40.4 Å². The van der Waals surface area contributed by atoms with Crippen LogP contribution in [-0.4, -0.2) is 80.7 Å². The molecule has 2 saturated carbocycles. The molecule has 2 aliphatic rings. The number of nitrogens with zero attached hydrogens (tertiary/aromatic N) is 2. The van der Waals surface area contributed by atoms with Crippen molar-refractivity contribution in [3.05, 3.63) is 251 Å². The Morgan fingerprint density at radius 2 is 0.738 bits per heavy atom. The van der Waals surface area contributed by atoms with Crippen molar-refractivity contribution in [1.29, 1.82) is 0 Å². The smallest absolute Gasteiger partial charge is 0.434 e. The summed E-state index contributed by atoms with van der Waals surface area (Å²) in [6.45, 7) is 0.798. The summed E-state index contributed by atoms with van der Waals surface area (Å²) in [5, 5.41) is 0. The number of nitrogens with one attached hydrogen (secondary N) is 4. The summed E-state index contributed by atoms with van der Waals surface area (Å²) in [4.78, 5) is 30.9. The quantitative estimate of drug-likeness (QED) is 0.0210. The van der Waals surface area contributed by atoms with Crippen LogP contribution in [0, 0.1) is 11.8 Å². The van der Waals surface area contributed by atoms with Crippen molar-refractivity contribution in [3.8, 4) is 0 Å². The minimum absolute atomic E-state index is 0.00961. The molecule has 0 saturated heterocycles. The molecule has 2 heterocycles. The summed E-state index contributed by atoms with van der Waals surface area (Å²) in [5.41, 5.74) is 5.60. The summed E-state index contributed by atoms with van der Waals surface area (Å²) in [6, 6.07) is 61.3. The van der Waals surface area contributed by atoms with E-state index in [1.54, 1.807) is 12.4 Å². The number of ether oxygens (including phenoxy) is 2. The standard InChI is InChI=1S/C69H80N6O7S2/c76-67(81-45-25-31-55(51-83(77,78)72-47-53-27-9-1-10-28-53)63-49-70-65(74-63)68(57-33-13-3-14-34-57,58-35-15-4-16-36-58)59-37-17-5-18-38-59)82-46-26-32-56(52-84(79,80)73-48-54-29-11-2-12-30-54)64-50-71-66(75-64)69(60-39-19-6-20-40-60,61-41-21-7-22-42-61)62-43-23-8-24-44-62/h3-8,13-24,33-44,49-50,53-56,72-73H,1-2,9-12,25-32,45-48,51-52H2,(H,70,74)(H,71,75). The number of carbonyl (C=O) groups is 1. The average Bonchev–Trinajstić information content (AvgIpc) is 4.45. The number of aromatic amines is 2. The fourth-order valence-corrected chi connectivity index (χ4v) is 16.0.